The summed E-state index contributed by atoms with van der Waals surface area (Å²) in [6.07, 6.45) is 3.17. The smallest absolute Gasteiger partial charge is 0.387 e. The third-order valence-corrected chi connectivity index (χ3v) is 5.50. The SMILES string of the molecule is O=C(N[C@H]1CC[C@H](c2n[nH]c(=O)c3ccccc32)CC1)c1cccc(OC(F)F)c1. The van der Waals surface area contributed by atoms with Crippen LogP contribution in [0.5, 0.6) is 5.75 Å². The van der Waals surface area contributed by atoms with E-state index in [9.17, 15) is 18.4 Å². The topological polar surface area (TPSA) is 84.1 Å². The number of rotatable bonds is 5. The summed E-state index contributed by atoms with van der Waals surface area (Å²) < 4.78 is 29.1. The number of aromatic amines is 1. The lowest BCUT2D eigenvalue weighted by Crippen LogP contribution is -2.37. The highest BCUT2D eigenvalue weighted by Crippen LogP contribution is 2.34. The van der Waals surface area contributed by atoms with Gasteiger partial charge >= 0.3 is 6.61 Å². The number of carbonyl (C=O) groups excluding carboxylic acids is 1. The molecule has 0 unspecified atom stereocenters. The van der Waals surface area contributed by atoms with Crippen molar-refractivity contribution in [3.63, 3.8) is 0 Å². The molecule has 0 saturated heterocycles. The average Bonchev–Trinajstić information content (AvgIpc) is 2.75. The summed E-state index contributed by atoms with van der Waals surface area (Å²) in [7, 11) is 0. The molecule has 0 spiro atoms. The number of ether oxygens (including phenoxy) is 1. The first-order chi connectivity index (χ1) is 14.5. The number of benzene rings is 2. The van der Waals surface area contributed by atoms with Crippen molar-refractivity contribution >= 4 is 16.7 Å². The molecule has 6 nitrogen and oxygen atoms in total. The second-order valence-electron chi connectivity index (χ2n) is 7.41. The normalized spacial score (nSPS) is 19.0. The van der Waals surface area contributed by atoms with Crippen LogP contribution in [0.2, 0.25) is 0 Å². The first-order valence-electron chi connectivity index (χ1n) is 9.84. The first kappa shape index (κ1) is 20.0. The molecule has 1 heterocycles. The summed E-state index contributed by atoms with van der Waals surface area (Å²) in [6.45, 7) is -2.93. The van der Waals surface area contributed by atoms with E-state index < -0.39 is 6.61 Å². The van der Waals surface area contributed by atoms with Crippen LogP contribution in [0.4, 0.5) is 8.78 Å². The van der Waals surface area contributed by atoms with Gasteiger partial charge in [0.2, 0.25) is 0 Å². The van der Waals surface area contributed by atoms with Gasteiger partial charge in [0.15, 0.2) is 0 Å². The molecule has 1 aromatic heterocycles. The van der Waals surface area contributed by atoms with Crippen molar-refractivity contribution < 1.29 is 18.3 Å². The quantitative estimate of drug-likeness (QED) is 0.663. The number of fused-ring (bicyclic) bond motifs is 1. The maximum absolute atomic E-state index is 12.5. The van der Waals surface area contributed by atoms with E-state index in [0.29, 0.717) is 5.39 Å². The van der Waals surface area contributed by atoms with E-state index in [2.05, 4.69) is 20.3 Å². The molecule has 1 amide bonds. The van der Waals surface area contributed by atoms with Gasteiger partial charge in [0.25, 0.3) is 11.5 Å². The lowest BCUT2D eigenvalue weighted by Gasteiger charge is -2.29. The first-order valence-corrected chi connectivity index (χ1v) is 9.84. The Balaban J connectivity index is 1.40. The molecule has 30 heavy (non-hydrogen) atoms. The van der Waals surface area contributed by atoms with Crippen molar-refractivity contribution in [2.75, 3.05) is 0 Å². The van der Waals surface area contributed by atoms with E-state index in [1.807, 2.05) is 18.2 Å². The summed E-state index contributed by atoms with van der Waals surface area (Å²) in [6, 6.07) is 13.2. The highest BCUT2D eigenvalue weighted by atomic mass is 19.3. The Bertz CT molecular complexity index is 1110. The number of hydrogen-bond donors (Lipinski definition) is 2. The van der Waals surface area contributed by atoms with E-state index in [4.69, 9.17) is 0 Å². The summed E-state index contributed by atoms with van der Waals surface area (Å²) in [4.78, 5) is 24.5. The summed E-state index contributed by atoms with van der Waals surface area (Å²) in [5, 5.41) is 11.3. The zero-order valence-corrected chi connectivity index (χ0v) is 16.1. The lowest BCUT2D eigenvalue weighted by molar-refractivity contribution is -0.0498. The third kappa shape index (κ3) is 4.32. The molecule has 0 aliphatic heterocycles. The van der Waals surface area contributed by atoms with Gasteiger partial charge in [-0.2, -0.15) is 13.9 Å². The number of nitrogens with zero attached hydrogens (tertiary/aromatic N) is 1. The number of aromatic nitrogens is 2. The molecule has 1 aliphatic rings. The Morgan fingerprint density at radius 1 is 1.07 bits per heavy atom. The predicted octanol–water partition coefficient (Wildman–Crippen LogP) is 3.98. The highest BCUT2D eigenvalue weighted by Gasteiger charge is 2.26. The van der Waals surface area contributed by atoms with Crippen LogP contribution < -0.4 is 15.6 Å². The van der Waals surface area contributed by atoms with E-state index in [-0.39, 0.29) is 34.7 Å². The Labute approximate surface area is 171 Å². The van der Waals surface area contributed by atoms with Crippen LogP contribution in [0.15, 0.2) is 53.3 Å². The molecular weight excluding hydrogens is 392 g/mol. The van der Waals surface area contributed by atoms with Crippen molar-refractivity contribution in [1.29, 1.82) is 0 Å². The van der Waals surface area contributed by atoms with Crippen LogP contribution in [0.25, 0.3) is 10.8 Å². The predicted molar refractivity (Wildman–Crippen MR) is 108 cm³/mol. The van der Waals surface area contributed by atoms with Crippen molar-refractivity contribution in [3.05, 3.63) is 70.1 Å². The summed E-state index contributed by atoms with van der Waals surface area (Å²) >= 11 is 0. The summed E-state index contributed by atoms with van der Waals surface area (Å²) in [5.41, 5.74) is 0.962. The Morgan fingerprint density at radius 2 is 1.80 bits per heavy atom. The Hall–Kier alpha value is -3.29. The minimum Gasteiger partial charge on any atom is -0.435 e. The number of amides is 1. The van der Waals surface area contributed by atoms with Gasteiger partial charge in [-0.3, -0.25) is 9.59 Å². The van der Waals surface area contributed by atoms with Crippen LogP contribution in [0, 0.1) is 0 Å². The molecule has 1 fully saturated rings. The van der Waals surface area contributed by atoms with Crippen LogP contribution in [0.1, 0.15) is 47.7 Å². The fourth-order valence-electron chi connectivity index (χ4n) is 4.04. The van der Waals surface area contributed by atoms with Gasteiger partial charge in [0.05, 0.1) is 11.1 Å². The maximum Gasteiger partial charge on any atom is 0.387 e. The maximum atomic E-state index is 12.5. The number of carbonyl (C=O) groups is 1. The van der Waals surface area contributed by atoms with Crippen molar-refractivity contribution in [2.24, 2.45) is 0 Å². The molecule has 1 saturated carbocycles. The van der Waals surface area contributed by atoms with Crippen molar-refractivity contribution in [1.82, 2.24) is 15.5 Å². The molecular formula is C22H21F2N3O3. The second kappa shape index (κ2) is 8.61. The van der Waals surface area contributed by atoms with Gasteiger partial charge in [-0.05, 0) is 49.9 Å². The minimum absolute atomic E-state index is 0.0116. The fourth-order valence-corrected chi connectivity index (χ4v) is 4.04. The van der Waals surface area contributed by atoms with E-state index >= 15 is 0 Å². The number of hydrogen-bond acceptors (Lipinski definition) is 4. The zero-order chi connectivity index (χ0) is 21.1. The standard InChI is InChI=1S/C22H21F2N3O3/c23-22(24)30-16-5-3-4-14(12-16)20(28)25-15-10-8-13(9-11-15)19-17-6-1-2-7-18(17)21(29)27-26-19/h1-7,12-13,15,22H,8-11H2,(H,25,28)(H,27,29)/t13-,15-. The molecule has 4 rings (SSSR count). The average molecular weight is 413 g/mol. The second-order valence-corrected chi connectivity index (χ2v) is 7.41. The number of halogens is 2. The Kier molecular flexibility index (Phi) is 5.74. The van der Waals surface area contributed by atoms with Crippen LogP contribution in [-0.4, -0.2) is 28.8 Å². The van der Waals surface area contributed by atoms with Gasteiger partial charge in [-0.15, -0.1) is 0 Å². The van der Waals surface area contributed by atoms with Gasteiger partial charge in [-0.25, -0.2) is 5.10 Å². The Morgan fingerprint density at radius 3 is 2.53 bits per heavy atom. The minimum atomic E-state index is -2.93. The number of alkyl halides is 2. The molecule has 0 atom stereocenters. The molecule has 2 N–H and O–H groups in total. The zero-order valence-electron chi connectivity index (χ0n) is 16.1. The molecule has 0 bridgehead atoms. The van der Waals surface area contributed by atoms with Gasteiger partial charge < -0.3 is 10.1 Å². The van der Waals surface area contributed by atoms with Crippen molar-refractivity contribution in [3.8, 4) is 5.75 Å². The van der Waals surface area contributed by atoms with Gasteiger partial charge in [0, 0.05) is 22.9 Å². The highest BCUT2D eigenvalue weighted by molar-refractivity contribution is 5.94. The van der Waals surface area contributed by atoms with Crippen LogP contribution in [0.3, 0.4) is 0 Å². The molecule has 0 radical (unpaired) electrons. The van der Waals surface area contributed by atoms with Crippen LogP contribution >= 0.6 is 0 Å². The van der Waals surface area contributed by atoms with Gasteiger partial charge in [-0.1, -0.05) is 24.3 Å². The van der Waals surface area contributed by atoms with E-state index in [1.165, 1.54) is 18.2 Å². The van der Waals surface area contributed by atoms with E-state index in [0.717, 1.165) is 36.8 Å². The molecule has 2 aromatic carbocycles. The molecule has 3 aromatic rings. The monoisotopic (exact) mass is 413 g/mol. The van der Waals surface area contributed by atoms with Crippen molar-refractivity contribution in [2.45, 2.75) is 44.3 Å². The lowest BCUT2D eigenvalue weighted by atomic mass is 9.82. The molecule has 8 heteroatoms. The van der Waals surface area contributed by atoms with E-state index in [1.54, 1.807) is 12.1 Å². The number of nitrogens with one attached hydrogen (secondary N) is 2. The van der Waals surface area contributed by atoms with Gasteiger partial charge in [0.1, 0.15) is 5.75 Å². The number of H-pyrrole nitrogens is 1. The fraction of sp³-hybridized carbons (Fsp3) is 0.318. The van der Waals surface area contributed by atoms with Crippen LogP contribution in [-0.2, 0) is 0 Å². The molecule has 156 valence electrons. The largest absolute Gasteiger partial charge is 0.435 e. The third-order valence-electron chi connectivity index (χ3n) is 5.50. The molecule has 1 aliphatic carbocycles. The summed E-state index contributed by atoms with van der Waals surface area (Å²) in [5.74, 6) is -0.161.